The van der Waals surface area contributed by atoms with Crippen LogP contribution < -0.4 is 0 Å². The second-order valence-corrected chi connectivity index (χ2v) is 5.12. The van der Waals surface area contributed by atoms with Gasteiger partial charge in [0.25, 0.3) is 0 Å². The van der Waals surface area contributed by atoms with Gasteiger partial charge in [-0.3, -0.25) is 0 Å². The molecule has 15 heavy (non-hydrogen) atoms. The predicted octanol–water partition coefficient (Wildman–Crippen LogP) is 5.17. The fourth-order valence-corrected chi connectivity index (χ4v) is 2.84. The molecule has 90 valence electrons. The third-order valence-electron chi connectivity index (χ3n) is 4.10. The van der Waals surface area contributed by atoms with Crippen LogP contribution in [0.1, 0.15) is 78.1 Å². The van der Waals surface area contributed by atoms with Crippen LogP contribution in [0.15, 0.2) is 0 Å². The first-order valence-electron chi connectivity index (χ1n) is 6.86. The van der Waals surface area contributed by atoms with Crippen molar-refractivity contribution in [1.82, 2.24) is 0 Å². The molecule has 2 aliphatic carbocycles. The Bertz CT molecular complexity index is 105. The minimum Gasteiger partial charge on any atom is -0.0651 e. The van der Waals surface area contributed by atoms with Crippen LogP contribution in [0.4, 0.5) is 0 Å². The molecule has 0 radical (unpaired) electrons. The zero-order valence-electron chi connectivity index (χ0n) is 10.6. The molecule has 0 atom stereocenters. The average Bonchev–Trinajstić information content (AvgIpc) is 2.92. The van der Waals surface area contributed by atoms with E-state index in [2.05, 4.69) is 13.8 Å². The van der Waals surface area contributed by atoms with Gasteiger partial charge in [0.2, 0.25) is 0 Å². The van der Waals surface area contributed by atoms with Crippen LogP contribution in [-0.4, -0.2) is 0 Å². The van der Waals surface area contributed by atoms with Gasteiger partial charge in [0.05, 0.1) is 0 Å². The topological polar surface area (TPSA) is 0 Å². The summed E-state index contributed by atoms with van der Waals surface area (Å²) in [5.74, 6) is 2.19. The van der Waals surface area contributed by atoms with Crippen LogP contribution in [0.5, 0.6) is 0 Å². The standard InChI is InChI=1S/2C7H14.W/c2*1-2-7-5-3-4-6-7;/h2*7H,2-6H2,1H3;. The summed E-state index contributed by atoms with van der Waals surface area (Å²) >= 11 is 0. The van der Waals surface area contributed by atoms with Crippen molar-refractivity contribution >= 4 is 0 Å². The zero-order valence-corrected chi connectivity index (χ0v) is 13.6. The molecular weight excluding hydrogens is 352 g/mol. The van der Waals surface area contributed by atoms with Gasteiger partial charge in [0, 0.05) is 21.1 Å². The summed E-state index contributed by atoms with van der Waals surface area (Å²) in [5, 5.41) is 0. The molecule has 0 aromatic heterocycles. The molecule has 0 nitrogen and oxygen atoms in total. The smallest absolute Gasteiger partial charge is 0 e. The fourth-order valence-electron chi connectivity index (χ4n) is 2.84. The van der Waals surface area contributed by atoms with Gasteiger partial charge in [-0.1, -0.05) is 78.1 Å². The van der Waals surface area contributed by atoms with Crippen LogP contribution in [0.2, 0.25) is 0 Å². The van der Waals surface area contributed by atoms with Crippen LogP contribution in [-0.2, 0) is 21.1 Å². The minimum atomic E-state index is 0. The van der Waals surface area contributed by atoms with E-state index < -0.39 is 0 Å². The molecular formula is C14H28W. The summed E-state index contributed by atoms with van der Waals surface area (Å²) in [5.41, 5.74) is 0. The molecule has 0 amide bonds. The van der Waals surface area contributed by atoms with E-state index in [1.54, 1.807) is 0 Å². The van der Waals surface area contributed by atoms with E-state index in [4.69, 9.17) is 0 Å². The Morgan fingerprint density at radius 3 is 1.07 bits per heavy atom. The van der Waals surface area contributed by atoms with Gasteiger partial charge >= 0.3 is 0 Å². The van der Waals surface area contributed by atoms with Gasteiger partial charge in [-0.2, -0.15) is 0 Å². The summed E-state index contributed by atoms with van der Waals surface area (Å²) in [4.78, 5) is 0. The maximum atomic E-state index is 2.30. The summed E-state index contributed by atoms with van der Waals surface area (Å²) in [6, 6.07) is 0. The molecule has 0 unspecified atom stereocenters. The van der Waals surface area contributed by atoms with Gasteiger partial charge in [-0.15, -0.1) is 0 Å². The minimum absolute atomic E-state index is 0. The van der Waals surface area contributed by atoms with Crippen LogP contribution >= 0.6 is 0 Å². The Labute approximate surface area is 111 Å². The number of rotatable bonds is 2. The van der Waals surface area contributed by atoms with Crippen molar-refractivity contribution in [2.45, 2.75) is 78.1 Å². The van der Waals surface area contributed by atoms with E-state index >= 15 is 0 Å². The fraction of sp³-hybridized carbons (Fsp3) is 1.00. The molecule has 1 heteroatoms. The molecule has 0 aromatic carbocycles. The molecule has 0 aliphatic heterocycles. The summed E-state index contributed by atoms with van der Waals surface area (Å²) < 4.78 is 0. The van der Waals surface area contributed by atoms with E-state index in [1.807, 2.05) is 0 Å². The summed E-state index contributed by atoms with van der Waals surface area (Å²) in [7, 11) is 0. The molecule has 2 saturated carbocycles. The van der Waals surface area contributed by atoms with Gasteiger partial charge in [-0.05, 0) is 11.8 Å². The molecule has 0 bridgehead atoms. The number of hydrogen-bond donors (Lipinski definition) is 0. The number of hydrogen-bond acceptors (Lipinski definition) is 0. The molecule has 2 aliphatic rings. The summed E-state index contributed by atoms with van der Waals surface area (Å²) in [6.45, 7) is 4.60. The predicted molar refractivity (Wildman–Crippen MR) is 64.5 cm³/mol. The van der Waals surface area contributed by atoms with E-state index in [0.29, 0.717) is 0 Å². The third kappa shape index (κ3) is 6.77. The van der Waals surface area contributed by atoms with Crippen molar-refractivity contribution in [3.63, 3.8) is 0 Å². The normalized spacial score (nSPS) is 22.0. The van der Waals surface area contributed by atoms with Crippen molar-refractivity contribution in [2.24, 2.45) is 11.8 Å². The largest absolute Gasteiger partial charge is 0.0651 e. The second-order valence-electron chi connectivity index (χ2n) is 5.12. The van der Waals surface area contributed by atoms with Crippen molar-refractivity contribution in [3.8, 4) is 0 Å². The van der Waals surface area contributed by atoms with Crippen molar-refractivity contribution in [3.05, 3.63) is 0 Å². The maximum Gasteiger partial charge on any atom is 0 e. The molecule has 2 fully saturated rings. The van der Waals surface area contributed by atoms with E-state index in [1.165, 1.54) is 64.2 Å². The van der Waals surface area contributed by atoms with Gasteiger partial charge in [0.1, 0.15) is 0 Å². The Hall–Kier alpha value is 0.688. The van der Waals surface area contributed by atoms with Crippen LogP contribution in [0.3, 0.4) is 0 Å². The molecule has 0 N–H and O–H groups in total. The van der Waals surface area contributed by atoms with Gasteiger partial charge < -0.3 is 0 Å². The third-order valence-corrected chi connectivity index (χ3v) is 4.10. The molecule has 2 rings (SSSR count). The Balaban J connectivity index is 0.000000245. The van der Waals surface area contributed by atoms with E-state index in [9.17, 15) is 0 Å². The van der Waals surface area contributed by atoms with E-state index in [-0.39, 0.29) is 21.1 Å². The SMILES string of the molecule is CCC1CCCC1.CCC1CCCC1.[W]. The molecule has 0 spiro atoms. The van der Waals surface area contributed by atoms with Crippen LogP contribution in [0, 0.1) is 11.8 Å². The first-order valence-corrected chi connectivity index (χ1v) is 6.86. The Kier molecular flexibility index (Phi) is 10.3. The van der Waals surface area contributed by atoms with Crippen molar-refractivity contribution < 1.29 is 21.1 Å². The zero-order chi connectivity index (χ0) is 10.2. The van der Waals surface area contributed by atoms with Crippen LogP contribution in [0.25, 0.3) is 0 Å². The molecule has 0 aromatic rings. The van der Waals surface area contributed by atoms with Crippen molar-refractivity contribution in [1.29, 1.82) is 0 Å². The Morgan fingerprint density at radius 2 is 0.933 bits per heavy atom. The van der Waals surface area contributed by atoms with Gasteiger partial charge in [-0.25, -0.2) is 0 Å². The van der Waals surface area contributed by atoms with Gasteiger partial charge in [0.15, 0.2) is 0 Å². The molecule has 0 heterocycles. The first kappa shape index (κ1) is 15.7. The summed E-state index contributed by atoms with van der Waals surface area (Å²) in [6.07, 6.45) is 14.9. The van der Waals surface area contributed by atoms with Crippen molar-refractivity contribution in [2.75, 3.05) is 0 Å². The monoisotopic (exact) mass is 380 g/mol. The average molecular weight is 380 g/mol. The molecule has 0 saturated heterocycles. The maximum absolute atomic E-state index is 2.30. The first-order chi connectivity index (χ1) is 6.86. The quantitative estimate of drug-likeness (QED) is 0.620. The Morgan fingerprint density at radius 1 is 0.667 bits per heavy atom. The van der Waals surface area contributed by atoms with E-state index in [0.717, 1.165) is 11.8 Å². The second kappa shape index (κ2) is 9.88.